The first kappa shape index (κ1) is 17.5. The van der Waals surface area contributed by atoms with E-state index >= 15 is 0 Å². The summed E-state index contributed by atoms with van der Waals surface area (Å²) in [5.74, 6) is 0.161. The molecule has 0 saturated carbocycles. The van der Waals surface area contributed by atoms with Crippen LogP contribution in [-0.2, 0) is 9.59 Å². The van der Waals surface area contributed by atoms with Crippen LogP contribution in [0, 0.1) is 5.92 Å². The van der Waals surface area contributed by atoms with E-state index in [9.17, 15) is 14.7 Å². The number of aliphatic hydroxyl groups excluding tert-OH is 1. The minimum absolute atomic E-state index is 0.0907. The van der Waals surface area contributed by atoms with Gasteiger partial charge in [0.05, 0.1) is 12.7 Å². The highest BCUT2D eigenvalue weighted by molar-refractivity contribution is 6.36. The fourth-order valence-electron chi connectivity index (χ4n) is 3.65. The van der Waals surface area contributed by atoms with Gasteiger partial charge >= 0.3 is 0 Å². The van der Waals surface area contributed by atoms with E-state index in [1.54, 1.807) is 20.1 Å². The molecule has 1 saturated heterocycles. The van der Waals surface area contributed by atoms with Crippen LogP contribution in [0.5, 0.6) is 5.75 Å². The number of rotatable bonds is 5. The van der Waals surface area contributed by atoms with Gasteiger partial charge in [-0.25, -0.2) is 0 Å². The molecule has 134 valence electrons. The lowest BCUT2D eigenvalue weighted by atomic mass is 9.96. The Morgan fingerprint density at radius 3 is 2.68 bits per heavy atom. The Morgan fingerprint density at radius 1 is 1.24 bits per heavy atom. The van der Waals surface area contributed by atoms with Crippen molar-refractivity contribution < 1.29 is 19.4 Å². The zero-order valence-electron chi connectivity index (χ0n) is 14.7. The van der Waals surface area contributed by atoms with E-state index in [0.717, 1.165) is 12.8 Å². The molecule has 25 heavy (non-hydrogen) atoms. The standard InChI is InChI=1S/C19H24N2O4/c1-3-21-18(23)16(14-8-4-5-9-15(14)25-2)17(19(21)24)20-10-6-7-13(11-20)12-22/h4-5,8-9,13,22H,3,6-7,10-12H2,1-2H3. The average Bonchev–Trinajstić information content (AvgIpc) is 2.91. The van der Waals surface area contributed by atoms with Gasteiger partial charge in [-0.05, 0) is 31.7 Å². The number of aliphatic hydroxyl groups is 1. The van der Waals surface area contributed by atoms with Crippen molar-refractivity contribution in [2.75, 3.05) is 33.4 Å². The van der Waals surface area contributed by atoms with Crippen LogP contribution in [0.4, 0.5) is 0 Å². The topological polar surface area (TPSA) is 70.1 Å². The summed E-state index contributed by atoms with van der Waals surface area (Å²) in [6, 6.07) is 7.27. The first-order valence-corrected chi connectivity index (χ1v) is 8.72. The van der Waals surface area contributed by atoms with Crippen LogP contribution in [0.15, 0.2) is 30.0 Å². The number of ether oxygens (including phenoxy) is 1. The highest BCUT2D eigenvalue weighted by Crippen LogP contribution is 2.37. The minimum Gasteiger partial charge on any atom is -0.496 e. The molecule has 6 nitrogen and oxygen atoms in total. The number of likely N-dealkylation sites (tertiary alicyclic amines) is 1. The van der Waals surface area contributed by atoms with Crippen LogP contribution < -0.4 is 4.74 Å². The molecule has 1 N–H and O–H groups in total. The van der Waals surface area contributed by atoms with Crippen molar-refractivity contribution in [1.82, 2.24) is 9.80 Å². The number of carbonyl (C=O) groups is 2. The second kappa shape index (κ2) is 7.27. The molecule has 0 aliphatic carbocycles. The second-order valence-electron chi connectivity index (χ2n) is 6.42. The van der Waals surface area contributed by atoms with Crippen molar-refractivity contribution in [3.8, 4) is 5.75 Å². The van der Waals surface area contributed by atoms with Crippen LogP contribution in [0.25, 0.3) is 5.57 Å². The molecule has 2 aliphatic heterocycles. The molecule has 1 atom stereocenters. The van der Waals surface area contributed by atoms with Crippen LogP contribution in [0.2, 0.25) is 0 Å². The third kappa shape index (κ3) is 3.02. The molecule has 0 spiro atoms. The zero-order chi connectivity index (χ0) is 18.0. The monoisotopic (exact) mass is 344 g/mol. The van der Waals surface area contributed by atoms with Gasteiger partial charge in [-0.1, -0.05) is 18.2 Å². The highest BCUT2D eigenvalue weighted by Gasteiger charge is 2.42. The van der Waals surface area contributed by atoms with Crippen LogP contribution in [-0.4, -0.2) is 60.1 Å². The highest BCUT2D eigenvalue weighted by atomic mass is 16.5. The molecule has 3 rings (SSSR count). The summed E-state index contributed by atoms with van der Waals surface area (Å²) < 4.78 is 5.41. The predicted octanol–water partition coefficient (Wildman–Crippen LogP) is 1.50. The Balaban J connectivity index is 2.12. The molecule has 2 heterocycles. The van der Waals surface area contributed by atoms with E-state index in [1.165, 1.54) is 4.90 Å². The quantitative estimate of drug-likeness (QED) is 0.820. The summed E-state index contributed by atoms with van der Waals surface area (Å²) in [5, 5.41) is 9.51. The fraction of sp³-hybridized carbons (Fsp3) is 0.474. The Morgan fingerprint density at radius 2 is 2.00 bits per heavy atom. The Bertz CT molecular complexity index is 713. The number of nitrogens with zero attached hydrogens (tertiary/aromatic N) is 2. The molecule has 6 heteroatoms. The van der Waals surface area contributed by atoms with Crippen molar-refractivity contribution in [2.45, 2.75) is 19.8 Å². The second-order valence-corrected chi connectivity index (χ2v) is 6.42. The molecule has 1 unspecified atom stereocenters. The third-order valence-electron chi connectivity index (χ3n) is 4.93. The summed E-state index contributed by atoms with van der Waals surface area (Å²) >= 11 is 0. The van der Waals surface area contributed by atoms with E-state index < -0.39 is 0 Å². The Hall–Kier alpha value is -2.34. The van der Waals surface area contributed by atoms with Gasteiger partial charge in [-0.2, -0.15) is 0 Å². The van der Waals surface area contributed by atoms with E-state index in [-0.39, 0.29) is 24.3 Å². The summed E-state index contributed by atoms with van der Waals surface area (Å²) in [4.78, 5) is 29.1. The van der Waals surface area contributed by atoms with Crippen molar-refractivity contribution in [3.05, 3.63) is 35.5 Å². The molecule has 2 aliphatic rings. The SMILES string of the molecule is CCN1C(=O)C(c2ccccc2OC)=C(N2CCCC(CO)C2)C1=O. The zero-order valence-corrected chi connectivity index (χ0v) is 14.7. The number of hydrogen-bond acceptors (Lipinski definition) is 5. The van der Waals surface area contributed by atoms with E-state index in [2.05, 4.69) is 0 Å². The maximum Gasteiger partial charge on any atom is 0.277 e. The molecular formula is C19H24N2O4. The van der Waals surface area contributed by atoms with Gasteiger partial charge in [0.1, 0.15) is 11.4 Å². The Kier molecular flexibility index (Phi) is 5.08. The van der Waals surface area contributed by atoms with E-state index in [0.29, 0.717) is 42.2 Å². The summed E-state index contributed by atoms with van der Waals surface area (Å²) in [6.45, 7) is 3.51. The summed E-state index contributed by atoms with van der Waals surface area (Å²) in [5.41, 5.74) is 1.48. The molecular weight excluding hydrogens is 320 g/mol. The van der Waals surface area contributed by atoms with E-state index in [1.807, 2.05) is 23.1 Å². The maximum atomic E-state index is 12.9. The number of para-hydroxylation sites is 1. The van der Waals surface area contributed by atoms with Crippen molar-refractivity contribution in [2.24, 2.45) is 5.92 Å². The number of piperidine rings is 1. The fourth-order valence-corrected chi connectivity index (χ4v) is 3.65. The maximum absolute atomic E-state index is 12.9. The van der Waals surface area contributed by atoms with Gasteiger partial charge in [0.15, 0.2) is 0 Å². The Labute approximate surface area is 147 Å². The van der Waals surface area contributed by atoms with Gasteiger partial charge in [0.2, 0.25) is 0 Å². The lowest BCUT2D eigenvalue weighted by Gasteiger charge is -2.34. The molecule has 0 aromatic heterocycles. The minimum atomic E-state index is -0.280. The van der Waals surface area contributed by atoms with Gasteiger partial charge in [-0.15, -0.1) is 0 Å². The van der Waals surface area contributed by atoms with Crippen LogP contribution >= 0.6 is 0 Å². The lowest BCUT2D eigenvalue weighted by molar-refractivity contribution is -0.137. The number of benzene rings is 1. The molecule has 2 amide bonds. The molecule has 1 fully saturated rings. The molecule has 0 bridgehead atoms. The molecule has 0 radical (unpaired) electrons. The first-order valence-electron chi connectivity index (χ1n) is 8.72. The third-order valence-corrected chi connectivity index (χ3v) is 4.93. The van der Waals surface area contributed by atoms with Gasteiger partial charge < -0.3 is 14.7 Å². The van der Waals surface area contributed by atoms with Gasteiger partial charge in [0, 0.05) is 31.8 Å². The number of imide groups is 1. The van der Waals surface area contributed by atoms with Gasteiger partial charge in [0.25, 0.3) is 11.8 Å². The van der Waals surface area contributed by atoms with E-state index in [4.69, 9.17) is 4.74 Å². The number of methoxy groups -OCH3 is 1. The first-order chi connectivity index (χ1) is 12.1. The van der Waals surface area contributed by atoms with Crippen molar-refractivity contribution >= 4 is 17.4 Å². The lowest BCUT2D eigenvalue weighted by Crippen LogP contribution is -2.40. The van der Waals surface area contributed by atoms with Crippen molar-refractivity contribution in [1.29, 1.82) is 0 Å². The summed E-state index contributed by atoms with van der Waals surface area (Å²) in [6.07, 6.45) is 1.82. The number of amides is 2. The predicted molar refractivity (Wildman–Crippen MR) is 93.7 cm³/mol. The average molecular weight is 344 g/mol. The van der Waals surface area contributed by atoms with Gasteiger partial charge in [-0.3, -0.25) is 14.5 Å². The largest absolute Gasteiger partial charge is 0.496 e. The van der Waals surface area contributed by atoms with Crippen molar-refractivity contribution in [3.63, 3.8) is 0 Å². The van der Waals surface area contributed by atoms with Crippen LogP contribution in [0.3, 0.4) is 0 Å². The molecule has 1 aromatic rings. The number of carbonyl (C=O) groups excluding carboxylic acids is 2. The summed E-state index contributed by atoms with van der Waals surface area (Å²) in [7, 11) is 1.56. The molecule has 1 aromatic carbocycles. The smallest absolute Gasteiger partial charge is 0.277 e. The van der Waals surface area contributed by atoms with Crippen LogP contribution in [0.1, 0.15) is 25.3 Å². The number of likely N-dealkylation sites (N-methyl/N-ethyl adjacent to an activating group) is 1. The normalized spacial score (nSPS) is 21.3. The number of hydrogen-bond donors (Lipinski definition) is 1.